The standard InChI is InChI=1S/C16H15Cl3N2O4S/c1-3-25-15-7-10(6-14(19)16(15)24-2)9-20-21-26(22,23)11-4-5-12(17)13(18)8-11/h4-9,21H,3H2,1-2H3/b20-9+. The van der Waals surface area contributed by atoms with Gasteiger partial charge in [-0.1, -0.05) is 34.8 Å². The molecule has 0 aliphatic heterocycles. The minimum atomic E-state index is -3.89. The van der Waals surface area contributed by atoms with Gasteiger partial charge in [0.2, 0.25) is 0 Å². The number of halogens is 3. The van der Waals surface area contributed by atoms with Crippen LogP contribution in [0.1, 0.15) is 12.5 Å². The number of sulfonamides is 1. The van der Waals surface area contributed by atoms with E-state index in [0.29, 0.717) is 28.7 Å². The third kappa shape index (κ3) is 4.94. The van der Waals surface area contributed by atoms with Crippen molar-refractivity contribution in [1.29, 1.82) is 0 Å². The summed E-state index contributed by atoms with van der Waals surface area (Å²) in [5, 5.41) is 4.44. The number of rotatable bonds is 7. The number of methoxy groups -OCH3 is 1. The van der Waals surface area contributed by atoms with Gasteiger partial charge in [-0.25, -0.2) is 4.83 Å². The van der Waals surface area contributed by atoms with E-state index >= 15 is 0 Å². The van der Waals surface area contributed by atoms with Crippen molar-refractivity contribution < 1.29 is 17.9 Å². The Labute approximate surface area is 166 Å². The fraction of sp³-hybridized carbons (Fsp3) is 0.188. The van der Waals surface area contributed by atoms with Gasteiger partial charge in [-0.15, -0.1) is 0 Å². The molecule has 10 heteroatoms. The lowest BCUT2D eigenvalue weighted by molar-refractivity contribution is 0.311. The summed E-state index contributed by atoms with van der Waals surface area (Å²) in [4.78, 5) is 2.03. The van der Waals surface area contributed by atoms with Crippen molar-refractivity contribution in [3.8, 4) is 11.5 Å². The van der Waals surface area contributed by atoms with Crippen molar-refractivity contribution in [2.75, 3.05) is 13.7 Å². The molecule has 0 aliphatic carbocycles. The van der Waals surface area contributed by atoms with Gasteiger partial charge in [-0.2, -0.15) is 13.5 Å². The molecule has 0 spiro atoms. The highest BCUT2D eigenvalue weighted by molar-refractivity contribution is 7.89. The molecule has 2 rings (SSSR count). The normalized spacial score (nSPS) is 11.6. The van der Waals surface area contributed by atoms with Crippen molar-refractivity contribution >= 4 is 51.0 Å². The monoisotopic (exact) mass is 436 g/mol. The van der Waals surface area contributed by atoms with E-state index in [1.807, 2.05) is 6.92 Å². The molecule has 0 saturated carbocycles. The molecule has 0 radical (unpaired) electrons. The first kappa shape index (κ1) is 20.6. The van der Waals surface area contributed by atoms with Gasteiger partial charge in [0.15, 0.2) is 11.5 Å². The Hall–Kier alpha value is -1.67. The van der Waals surface area contributed by atoms with E-state index < -0.39 is 10.0 Å². The average Bonchev–Trinajstić information content (AvgIpc) is 2.57. The van der Waals surface area contributed by atoms with Gasteiger partial charge in [0, 0.05) is 0 Å². The van der Waals surface area contributed by atoms with Gasteiger partial charge in [0.25, 0.3) is 10.0 Å². The zero-order chi connectivity index (χ0) is 19.3. The molecule has 6 nitrogen and oxygen atoms in total. The van der Waals surface area contributed by atoms with Crippen LogP contribution in [0.5, 0.6) is 11.5 Å². The van der Waals surface area contributed by atoms with Crippen LogP contribution in [-0.2, 0) is 10.0 Å². The Bertz CT molecular complexity index is 933. The van der Waals surface area contributed by atoms with Crippen molar-refractivity contribution in [3.05, 3.63) is 51.0 Å². The molecule has 2 aromatic rings. The van der Waals surface area contributed by atoms with E-state index in [1.165, 1.54) is 31.5 Å². The molecule has 0 saturated heterocycles. The lowest BCUT2D eigenvalue weighted by Gasteiger charge is -2.11. The summed E-state index contributed by atoms with van der Waals surface area (Å²) in [5.41, 5.74) is 0.524. The van der Waals surface area contributed by atoms with Crippen LogP contribution in [0.25, 0.3) is 0 Å². The van der Waals surface area contributed by atoms with Crippen LogP contribution >= 0.6 is 34.8 Å². The predicted molar refractivity (Wildman–Crippen MR) is 104 cm³/mol. The van der Waals surface area contributed by atoms with Crippen LogP contribution in [0.4, 0.5) is 0 Å². The lowest BCUT2D eigenvalue weighted by Crippen LogP contribution is -2.18. The van der Waals surface area contributed by atoms with Gasteiger partial charge >= 0.3 is 0 Å². The van der Waals surface area contributed by atoms with E-state index in [9.17, 15) is 8.42 Å². The van der Waals surface area contributed by atoms with Crippen LogP contribution in [0.3, 0.4) is 0 Å². The number of hydrogen-bond acceptors (Lipinski definition) is 5. The van der Waals surface area contributed by atoms with Crippen LogP contribution in [0.2, 0.25) is 15.1 Å². The minimum absolute atomic E-state index is 0.0631. The Kier molecular flexibility index (Phi) is 7.00. The molecule has 0 amide bonds. The second-order valence-corrected chi connectivity index (χ2v) is 7.78. The third-order valence-corrected chi connectivity index (χ3v) is 5.36. The number of hydrogen-bond donors (Lipinski definition) is 1. The van der Waals surface area contributed by atoms with Crippen molar-refractivity contribution in [3.63, 3.8) is 0 Å². The van der Waals surface area contributed by atoms with Crippen LogP contribution in [-0.4, -0.2) is 28.3 Å². The molecule has 0 fully saturated rings. The quantitative estimate of drug-likeness (QED) is 0.515. The molecule has 0 unspecified atom stereocenters. The lowest BCUT2D eigenvalue weighted by atomic mass is 10.2. The number of benzene rings is 2. The first-order valence-electron chi connectivity index (χ1n) is 7.28. The molecule has 26 heavy (non-hydrogen) atoms. The fourth-order valence-corrected chi connectivity index (χ4v) is 3.47. The second kappa shape index (κ2) is 8.81. The number of nitrogens with zero attached hydrogens (tertiary/aromatic N) is 1. The van der Waals surface area contributed by atoms with Gasteiger partial charge in [-0.3, -0.25) is 0 Å². The highest BCUT2D eigenvalue weighted by Crippen LogP contribution is 2.35. The molecule has 2 aromatic carbocycles. The summed E-state index contributed by atoms with van der Waals surface area (Å²) in [5.74, 6) is 0.818. The third-order valence-electron chi connectivity index (χ3n) is 3.12. The molecule has 0 aliphatic rings. The van der Waals surface area contributed by atoms with Crippen molar-refractivity contribution in [1.82, 2.24) is 4.83 Å². The maximum atomic E-state index is 12.2. The van der Waals surface area contributed by atoms with E-state index in [0.717, 1.165) is 0 Å². The zero-order valence-electron chi connectivity index (χ0n) is 13.8. The smallest absolute Gasteiger partial charge is 0.276 e. The summed E-state index contributed by atoms with van der Waals surface area (Å²) in [6.45, 7) is 2.23. The topological polar surface area (TPSA) is 77.0 Å². The van der Waals surface area contributed by atoms with Crippen molar-refractivity contribution in [2.45, 2.75) is 11.8 Å². The summed E-state index contributed by atoms with van der Waals surface area (Å²) in [6, 6.07) is 7.15. The highest BCUT2D eigenvalue weighted by Gasteiger charge is 2.15. The van der Waals surface area contributed by atoms with Gasteiger partial charge in [0.1, 0.15) is 0 Å². The Morgan fingerprint density at radius 1 is 1.12 bits per heavy atom. The maximum Gasteiger partial charge on any atom is 0.276 e. The average molecular weight is 438 g/mol. The number of nitrogens with one attached hydrogen (secondary N) is 1. The van der Waals surface area contributed by atoms with E-state index in [-0.39, 0.29) is 14.9 Å². The first-order valence-corrected chi connectivity index (χ1v) is 9.90. The molecule has 0 atom stereocenters. The van der Waals surface area contributed by atoms with Crippen LogP contribution in [0, 0.1) is 0 Å². The zero-order valence-corrected chi connectivity index (χ0v) is 16.9. The first-order chi connectivity index (χ1) is 12.3. The SMILES string of the molecule is CCOc1cc(/C=N/NS(=O)(=O)c2ccc(Cl)c(Cl)c2)cc(Cl)c1OC. The van der Waals surface area contributed by atoms with Gasteiger partial charge in [0.05, 0.1) is 39.9 Å². The number of ether oxygens (including phenoxy) is 2. The van der Waals surface area contributed by atoms with Gasteiger partial charge in [-0.05, 0) is 42.8 Å². The Morgan fingerprint density at radius 3 is 2.46 bits per heavy atom. The fourth-order valence-electron chi connectivity index (χ4n) is 1.99. The van der Waals surface area contributed by atoms with E-state index in [2.05, 4.69) is 9.93 Å². The summed E-state index contributed by atoms with van der Waals surface area (Å²) >= 11 is 17.8. The van der Waals surface area contributed by atoms with E-state index in [4.69, 9.17) is 44.3 Å². The molecule has 0 aromatic heterocycles. The molecule has 140 valence electrons. The number of hydrazone groups is 1. The summed E-state index contributed by atoms with van der Waals surface area (Å²) in [6.07, 6.45) is 1.29. The van der Waals surface area contributed by atoms with E-state index in [1.54, 1.807) is 12.1 Å². The second-order valence-electron chi connectivity index (χ2n) is 4.90. The van der Waals surface area contributed by atoms with Crippen LogP contribution in [0.15, 0.2) is 40.3 Å². The summed E-state index contributed by atoms with van der Waals surface area (Å²) in [7, 11) is -2.42. The Morgan fingerprint density at radius 2 is 1.85 bits per heavy atom. The molecular weight excluding hydrogens is 423 g/mol. The largest absolute Gasteiger partial charge is 0.491 e. The molecule has 0 heterocycles. The maximum absolute atomic E-state index is 12.2. The predicted octanol–water partition coefficient (Wildman–Crippen LogP) is 4.37. The minimum Gasteiger partial charge on any atom is -0.491 e. The van der Waals surface area contributed by atoms with Gasteiger partial charge < -0.3 is 9.47 Å². The van der Waals surface area contributed by atoms with Crippen LogP contribution < -0.4 is 14.3 Å². The summed E-state index contributed by atoms with van der Waals surface area (Å²) < 4.78 is 35.1. The molecular formula is C16H15Cl3N2O4S. The van der Waals surface area contributed by atoms with Crippen molar-refractivity contribution in [2.24, 2.45) is 5.10 Å². The Balaban J connectivity index is 2.23. The molecule has 0 bridgehead atoms. The molecule has 1 N–H and O–H groups in total. The highest BCUT2D eigenvalue weighted by atomic mass is 35.5.